The maximum Gasteiger partial charge on any atom is 0.274 e. The van der Waals surface area contributed by atoms with Gasteiger partial charge in [-0.05, 0) is 50.1 Å². The Morgan fingerprint density at radius 3 is 2.63 bits per heavy atom. The Morgan fingerprint density at radius 1 is 1.13 bits per heavy atom. The lowest BCUT2D eigenvalue weighted by molar-refractivity contribution is 0.102. The third-order valence-electron chi connectivity index (χ3n) is 5.29. The number of aromatic nitrogens is 2. The molecule has 30 heavy (non-hydrogen) atoms. The zero-order valence-electron chi connectivity index (χ0n) is 17.0. The molecule has 158 valence electrons. The maximum atomic E-state index is 13.1. The Labute approximate surface area is 175 Å². The summed E-state index contributed by atoms with van der Waals surface area (Å²) in [6, 6.07) is 10.0. The second-order valence-corrected chi connectivity index (χ2v) is 9.19. The van der Waals surface area contributed by atoms with Gasteiger partial charge in [-0.15, -0.1) is 0 Å². The largest absolute Gasteiger partial charge is 0.495 e. The van der Waals surface area contributed by atoms with Gasteiger partial charge in [-0.2, -0.15) is 4.31 Å². The van der Waals surface area contributed by atoms with E-state index in [1.165, 1.54) is 23.5 Å². The Hall–Kier alpha value is -2.91. The van der Waals surface area contributed by atoms with E-state index in [9.17, 15) is 13.2 Å². The zero-order chi connectivity index (χ0) is 21.3. The first-order chi connectivity index (χ1) is 14.4. The number of amides is 1. The van der Waals surface area contributed by atoms with Gasteiger partial charge in [-0.25, -0.2) is 13.4 Å². The molecule has 3 heterocycles. The summed E-state index contributed by atoms with van der Waals surface area (Å²) in [5, 5.41) is 2.80. The van der Waals surface area contributed by atoms with Crippen LogP contribution in [0.25, 0.3) is 5.65 Å². The van der Waals surface area contributed by atoms with E-state index in [-0.39, 0.29) is 4.90 Å². The lowest BCUT2D eigenvalue weighted by Crippen LogP contribution is -2.35. The van der Waals surface area contributed by atoms with E-state index < -0.39 is 15.9 Å². The third kappa shape index (κ3) is 3.66. The number of pyridine rings is 1. The van der Waals surface area contributed by atoms with Crippen LogP contribution < -0.4 is 10.1 Å². The summed E-state index contributed by atoms with van der Waals surface area (Å²) in [5.41, 5.74) is 1.92. The second kappa shape index (κ2) is 8.08. The molecule has 0 aliphatic carbocycles. The third-order valence-corrected chi connectivity index (χ3v) is 7.19. The number of nitrogens with zero attached hydrogens (tertiary/aromatic N) is 3. The molecular formula is C21H24N4O4S. The number of fused-ring (bicyclic) bond motifs is 1. The molecule has 1 aromatic carbocycles. The van der Waals surface area contributed by atoms with Crippen LogP contribution in [0, 0.1) is 6.92 Å². The molecule has 0 unspecified atom stereocenters. The van der Waals surface area contributed by atoms with Gasteiger partial charge in [0.25, 0.3) is 5.91 Å². The van der Waals surface area contributed by atoms with Crippen LogP contribution in [0.1, 0.15) is 35.4 Å². The van der Waals surface area contributed by atoms with Crippen LogP contribution in [-0.2, 0) is 10.0 Å². The smallest absolute Gasteiger partial charge is 0.274 e. The number of anilines is 1. The highest BCUT2D eigenvalue weighted by Crippen LogP contribution is 2.30. The molecule has 0 radical (unpaired) electrons. The van der Waals surface area contributed by atoms with Gasteiger partial charge >= 0.3 is 0 Å². The van der Waals surface area contributed by atoms with Gasteiger partial charge in [0.05, 0.1) is 23.4 Å². The Kier molecular flexibility index (Phi) is 5.48. The number of aryl methyl sites for hydroxylation is 1. The predicted molar refractivity (Wildman–Crippen MR) is 113 cm³/mol. The first kappa shape index (κ1) is 20.4. The van der Waals surface area contributed by atoms with Crippen LogP contribution in [0.2, 0.25) is 0 Å². The van der Waals surface area contributed by atoms with E-state index in [4.69, 9.17) is 4.74 Å². The van der Waals surface area contributed by atoms with Crippen molar-refractivity contribution in [3.05, 3.63) is 54.0 Å². The number of carbonyl (C=O) groups excluding carboxylic acids is 1. The fourth-order valence-electron chi connectivity index (χ4n) is 3.77. The van der Waals surface area contributed by atoms with E-state index in [0.717, 1.165) is 19.3 Å². The van der Waals surface area contributed by atoms with E-state index in [0.29, 0.717) is 41.6 Å². The molecule has 1 fully saturated rings. The van der Waals surface area contributed by atoms with Gasteiger partial charge in [0.1, 0.15) is 17.1 Å². The number of sulfonamides is 1. The van der Waals surface area contributed by atoms with Crippen molar-refractivity contribution in [2.24, 2.45) is 0 Å². The Bertz CT molecular complexity index is 1200. The molecule has 9 heteroatoms. The second-order valence-electron chi connectivity index (χ2n) is 7.26. The fraction of sp³-hybridized carbons (Fsp3) is 0.333. The number of piperidine rings is 1. The van der Waals surface area contributed by atoms with Gasteiger partial charge in [0, 0.05) is 19.3 Å². The molecule has 4 rings (SSSR count). The number of imidazole rings is 1. The van der Waals surface area contributed by atoms with Crippen molar-refractivity contribution in [3.63, 3.8) is 0 Å². The topological polar surface area (TPSA) is 93.0 Å². The number of benzene rings is 1. The molecule has 1 aliphatic rings. The lowest BCUT2D eigenvalue weighted by Gasteiger charge is -2.26. The molecular weight excluding hydrogens is 404 g/mol. The van der Waals surface area contributed by atoms with Crippen molar-refractivity contribution in [1.29, 1.82) is 0 Å². The van der Waals surface area contributed by atoms with Crippen LogP contribution in [0.4, 0.5) is 5.69 Å². The van der Waals surface area contributed by atoms with Crippen molar-refractivity contribution in [2.75, 3.05) is 25.5 Å². The monoisotopic (exact) mass is 428 g/mol. The van der Waals surface area contributed by atoms with Crippen molar-refractivity contribution in [3.8, 4) is 5.75 Å². The van der Waals surface area contributed by atoms with E-state index >= 15 is 0 Å². The molecule has 2 aromatic heterocycles. The number of carbonyl (C=O) groups is 1. The number of ether oxygens (including phenoxy) is 1. The standard InChI is InChI=1S/C21H24N4O4S/c1-15-20(25-13-7-4-8-19(25)22-15)21(26)23-17-14-16(9-10-18(17)29-2)30(27,28)24-11-5-3-6-12-24/h4,7-10,13-14H,3,5-6,11-12H2,1-2H3,(H,23,26). The van der Waals surface area contributed by atoms with Gasteiger partial charge in [-0.1, -0.05) is 12.5 Å². The molecule has 1 amide bonds. The number of methoxy groups -OCH3 is 1. The Morgan fingerprint density at radius 2 is 1.90 bits per heavy atom. The number of nitrogens with one attached hydrogen (secondary N) is 1. The lowest BCUT2D eigenvalue weighted by atomic mass is 10.2. The van der Waals surface area contributed by atoms with Crippen LogP contribution >= 0.6 is 0 Å². The van der Waals surface area contributed by atoms with E-state index in [1.54, 1.807) is 23.6 Å². The summed E-state index contributed by atoms with van der Waals surface area (Å²) in [7, 11) is -2.16. The highest BCUT2D eigenvalue weighted by Gasteiger charge is 2.27. The van der Waals surface area contributed by atoms with Crippen LogP contribution in [-0.4, -0.2) is 48.2 Å². The van der Waals surface area contributed by atoms with Crippen LogP contribution in [0.15, 0.2) is 47.5 Å². The van der Waals surface area contributed by atoms with Gasteiger partial charge in [0.2, 0.25) is 10.0 Å². The summed E-state index contributed by atoms with van der Waals surface area (Å²) >= 11 is 0. The minimum Gasteiger partial charge on any atom is -0.495 e. The van der Waals surface area contributed by atoms with Crippen LogP contribution in [0.3, 0.4) is 0 Å². The Balaban J connectivity index is 1.69. The minimum absolute atomic E-state index is 0.135. The van der Waals surface area contributed by atoms with Crippen molar-refractivity contribution < 1.29 is 17.9 Å². The van der Waals surface area contributed by atoms with Crippen molar-refractivity contribution in [2.45, 2.75) is 31.1 Å². The maximum absolute atomic E-state index is 13.1. The molecule has 0 atom stereocenters. The number of hydrogen-bond acceptors (Lipinski definition) is 5. The van der Waals surface area contributed by atoms with Gasteiger partial charge in [-0.3, -0.25) is 9.20 Å². The average Bonchev–Trinajstić information content (AvgIpc) is 3.10. The number of rotatable bonds is 5. The highest BCUT2D eigenvalue weighted by atomic mass is 32.2. The van der Waals surface area contributed by atoms with Gasteiger partial charge in [0.15, 0.2) is 0 Å². The summed E-state index contributed by atoms with van der Waals surface area (Å²) in [6.07, 6.45) is 4.51. The number of hydrogen-bond donors (Lipinski definition) is 1. The highest BCUT2D eigenvalue weighted by molar-refractivity contribution is 7.89. The van der Waals surface area contributed by atoms with E-state index in [1.807, 2.05) is 18.2 Å². The van der Waals surface area contributed by atoms with Crippen molar-refractivity contribution in [1.82, 2.24) is 13.7 Å². The average molecular weight is 429 g/mol. The minimum atomic E-state index is -3.63. The quantitative estimate of drug-likeness (QED) is 0.674. The van der Waals surface area contributed by atoms with Crippen LogP contribution in [0.5, 0.6) is 5.75 Å². The predicted octanol–water partition coefficient (Wildman–Crippen LogP) is 3.08. The van der Waals surface area contributed by atoms with Crippen molar-refractivity contribution >= 4 is 27.3 Å². The normalized spacial score (nSPS) is 15.3. The summed E-state index contributed by atoms with van der Waals surface area (Å²) < 4.78 is 34.6. The molecule has 3 aromatic rings. The summed E-state index contributed by atoms with van der Waals surface area (Å²) in [4.78, 5) is 17.6. The molecule has 1 saturated heterocycles. The molecule has 1 N–H and O–H groups in total. The zero-order valence-corrected chi connectivity index (χ0v) is 17.8. The van der Waals surface area contributed by atoms with E-state index in [2.05, 4.69) is 10.3 Å². The molecule has 8 nitrogen and oxygen atoms in total. The molecule has 1 aliphatic heterocycles. The SMILES string of the molecule is COc1ccc(S(=O)(=O)N2CCCCC2)cc1NC(=O)c1c(C)nc2ccccn12. The first-order valence-electron chi connectivity index (χ1n) is 9.85. The summed E-state index contributed by atoms with van der Waals surface area (Å²) in [6.45, 7) is 2.78. The summed E-state index contributed by atoms with van der Waals surface area (Å²) in [5.74, 6) is -0.00978. The fourth-order valence-corrected chi connectivity index (χ4v) is 5.31. The molecule has 0 saturated carbocycles. The van der Waals surface area contributed by atoms with Gasteiger partial charge < -0.3 is 10.1 Å². The molecule has 0 spiro atoms. The first-order valence-corrected chi connectivity index (χ1v) is 11.3. The molecule has 0 bridgehead atoms.